The molecule has 0 bridgehead atoms. The van der Waals surface area contributed by atoms with Crippen LogP contribution in [0.2, 0.25) is 0 Å². The zero-order valence-electron chi connectivity index (χ0n) is 14.5. The first-order chi connectivity index (χ1) is 12.7. The zero-order chi connectivity index (χ0) is 18.5. The van der Waals surface area contributed by atoms with E-state index in [4.69, 9.17) is 15.9 Å². The molecular formula is C20H18FN3O2. The lowest BCUT2D eigenvalue weighted by molar-refractivity contribution is 0.288. The van der Waals surface area contributed by atoms with Crippen molar-refractivity contribution in [2.45, 2.75) is 13.8 Å². The van der Waals surface area contributed by atoms with Gasteiger partial charge in [-0.3, -0.25) is 0 Å². The Morgan fingerprint density at radius 3 is 2.50 bits per heavy atom. The second kappa shape index (κ2) is 7.70. The molecule has 1 aromatic heterocycles. The minimum absolute atomic E-state index is 0.182. The molecule has 0 aliphatic heterocycles. The van der Waals surface area contributed by atoms with Crippen LogP contribution in [-0.2, 0) is 0 Å². The Morgan fingerprint density at radius 2 is 1.81 bits per heavy atom. The number of aromatic nitrogens is 2. The lowest BCUT2D eigenvalue weighted by Gasteiger charge is -2.14. The summed E-state index contributed by atoms with van der Waals surface area (Å²) < 4.78 is 24.9. The largest absolute Gasteiger partial charge is 0.490 e. The highest BCUT2D eigenvalue weighted by atomic mass is 19.1. The number of hydrogen-bond acceptors (Lipinski definition) is 5. The number of anilines is 2. The SMILES string of the molecule is C#Cc1cc(Nc2ncnc3cc(OCC)c(OCC)cc23)ccc1F. The van der Waals surface area contributed by atoms with Gasteiger partial charge in [-0.15, -0.1) is 6.42 Å². The molecule has 0 aliphatic carbocycles. The highest BCUT2D eigenvalue weighted by Crippen LogP contribution is 2.35. The van der Waals surface area contributed by atoms with Crippen molar-refractivity contribution in [1.82, 2.24) is 9.97 Å². The number of terminal acetylenes is 1. The molecular weight excluding hydrogens is 333 g/mol. The smallest absolute Gasteiger partial charge is 0.163 e. The summed E-state index contributed by atoms with van der Waals surface area (Å²) in [5.74, 6) is 3.69. The van der Waals surface area contributed by atoms with Gasteiger partial charge in [-0.1, -0.05) is 5.92 Å². The van der Waals surface area contributed by atoms with E-state index in [1.165, 1.54) is 12.4 Å². The third-order valence-electron chi connectivity index (χ3n) is 3.69. The van der Waals surface area contributed by atoms with Crippen molar-refractivity contribution in [2.75, 3.05) is 18.5 Å². The normalized spacial score (nSPS) is 10.4. The average Bonchev–Trinajstić information content (AvgIpc) is 2.64. The van der Waals surface area contributed by atoms with Crippen molar-refractivity contribution < 1.29 is 13.9 Å². The van der Waals surface area contributed by atoms with Crippen LogP contribution in [0.4, 0.5) is 15.9 Å². The van der Waals surface area contributed by atoms with Crippen molar-refractivity contribution in [2.24, 2.45) is 0 Å². The summed E-state index contributed by atoms with van der Waals surface area (Å²) in [7, 11) is 0. The van der Waals surface area contributed by atoms with Crippen molar-refractivity contribution >= 4 is 22.4 Å². The quantitative estimate of drug-likeness (QED) is 0.672. The highest BCUT2D eigenvalue weighted by molar-refractivity contribution is 5.93. The van der Waals surface area contributed by atoms with Gasteiger partial charge in [0.2, 0.25) is 0 Å². The molecule has 0 amide bonds. The molecule has 0 fully saturated rings. The maximum absolute atomic E-state index is 13.6. The van der Waals surface area contributed by atoms with E-state index in [9.17, 15) is 4.39 Å². The molecule has 5 nitrogen and oxygen atoms in total. The fraction of sp³-hybridized carbons (Fsp3) is 0.200. The summed E-state index contributed by atoms with van der Waals surface area (Å²) in [6.07, 6.45) is 6.78. The van der Waals surface area contributed by atoms with Crippen LogP contribution in [0.1, 0.15) is 19.4 Å². The molecule has 0 aliphatic rings. The summed E-state index contributed by atoms with van der Waals surface area (Å²) in [5.41, 5.74) is 1.52. The molecule has 0 atom stereocenters. The zero-order valence-corrected chi connectivity index (χ0v) is 14.5. The minimum atomic E-state index is -0.439. The van der Waals surface area contributed by atoms with Crippen LogP contribution in [0, 0.1) is 18.2 Å². The van der Waals surface area contributed by atoms with Gasteiger partial charge in [-0.05, 0) is 38.1 Å². The van der Waals surface area contributed by atoms with E-state index in [0.717, 1.165) is 5.39 Å². The molecule has 3 rings (SSSR count). The van der Waals surface area contributed by atoms with Gasteiger partial charge in [0.15, 0.2) is 11.5 Å². The highest BCUT2D eigenvalue weighted by Gasteiger charge is 2.12. The Labute approximate surface area is 151 Å². The van der Waals surface area contributed by atoms with Crippen LogP contribution in [0.25, 0.3) is 10.9 Å². The summed E-state index contributed by atoms with van der Waals surface area (Å²) in [6.45, 7) is 4.84. The molecule has 1 N–H and O–H groups in total. The van der Waals surface area contributed by atoms with Gasteiger partial charge in [0, 0.05) is 17.1 Å². The predicted molar refractivity (Wildman–Crippen MR) is 99.5 cm³/mol. The minimum Gasteiger partial charge on any atom is -0.490 e. The van der Waals surface area contributed by atoms with Crippen molar-refractivity contribution in [3.8, 4) is 23.8 Å². The second-order valence-corrected chi connectivity index (χ2v) is 5.37. The van der Waals surface area contributed by atoms with Gasteiger partial charge < -0.3 is 14.8 Å². The summed E-state index contributed by atoms with van der Waals surface area (Å²) in [6, 6.07) is 8.12. The molecule has 6 heteroatoms. The molecule has 0 spiro atoms. The fourth-order valence-electron chi connectivity index (χ4n) is 2.55. The number of benzene rings is 2. The number of nitrogens with one attached hydrogen (secondary N) is 1. The van der Waals surface area contributed by atoms with Gasteiger partial charge in [0.05, 0.1) is 24.3 Å². The number of rotatable bonds is 6. The fourth-order valence-corrected chi connectivity index (χ4v) is 2.55. The lowest BCUT2D eigenvalue weighted by atomic mass is 10.1. The molecule has 132 valence electrons. The molecule has 1 heterocycles. The average molecular weight is 351 g/mol. The van der Waals surface area contributed by atoms with E-state index in [1.807, 2.05) is 26.0 Å². The maximum atomic E-state index is 13.6. The van der Waals surface area contributed by atoms with Gasteiger partial charge in [0.25, 0.3) is 0 Å². The van der Waals surface area contributed by atoms with E-state index in [0.29, 0.717) is 41.7 Å². The van der Waals surface area contributed by atoms with Crippen molar-refractivity contribution in [1.29, 1.82) is 0 Å². The number of hydrogen-bond donors (Lipinski definition) is 1. The molecule has 3 aromatic rings. The molecule has 0 saturated carbocycles. The van der Waals surface area contributed by atoms with E-state index in [1.54, 1.807) is 12.1 Å². The molecule has 2 aromatic carbocycles. The first kappa shape index (κ1) is 17.5. The van der Waals surface area contributed by atoms with Gasteiger partial charge >= 0.3 is 0 Å². The maximum Gasteiger partial charge on any atom is 0.163 e. The van der Waals surface area contributed by atoms with Gasteiger partial charge in [-0.2, -0.15) is 0 Å². The van der Waals surface area contributed by atoms with Crippen LogP contribution in [0.3, 0.4) is 0 Å². The summed E-state index contributed by atoms with van der Waals surface area (Å²) in [4.78, 5) is 8.59. The van der Waals surface area contributed by atoms with Crippen LogP contribution >= 0.6 is 0 Å². The van der Waals surface area contributed by atoms with E-state index in [-0.39, 0.29) is 5.56 Å². The van der Waals surface area contributed by atoms with E-state index in [2.05, 4.69) is 21.2 Å². The lowest BCUT2D eigenvalue weighted by Crippen LogP contribution is -2.01. The molecule has 0 unspecified atom stereocenters. The topological polar surface area (TPSA) is 56.3 Å². The Hall–Kier alpha value is -3.33. The summed E-state index contributed by atoms with van der Waals surface area (Å²) in [5, 5.41) is 3.92. The summed E-state index contributed by atoms with van der Waals surface area (Å²) >= 11 is 0. The Balaban J connectivity index is 2.06. The van der Waals surface area contributed by atoms with Gasteiger partial charge in [-0.25, -0.2) is 14.4 Å². The standard InChI is InChI=1S/C20H18FN3O2/c1-4-13-9-14(7-8-16(13)21)24-20-15-10-18(25-5-2)19(26-6-3)11-17(15)22-12-23-20/h1,7-12H,5-6H2,2-3H3,(H,22,23,24). The molecule has 26 heavy (non-hydrogen) atoms. The van der Waals surface area contributed by atoms with Crippen LogP contribution < -0.4 is 14.8 Å². The van der Waals surface area contributed by atoms with E-state index < -0.39 is 5.82 Å². The number of nitrogens with zero attached hydrogens (tertiary/aromatic N) is 2. The third-order valence-corrected chi connectivity index (χ3v) is 3.69. The first-order valence-corrected chi connectivity index (χ1v) is 8.23. The van der Waals surface area contributed by atoms with Crippen LogP contribution in [-0.4, -0.2) is 23.2 Å². The number of ether oxygens (including phenoxy) is 2. The second-order valence-electron chi connectivity index (χ2n) is 5.37. The van der Waals surface area contributed by atoms with Crippen molar-refractivity contribution in [3.63, 3.8) is 0 Å². The Kier molecular flexibility index (Phi) is 5.18. The molecule has 0 radical (unpaired) electrons. The predicted octanol–water partition coefficient (Wildman–Crippen LogP) is 4.29. The number of fused-ring (bicyclic) bond motifs is 1. The van der Waals surface area contributed by atoms with Gasteiger partial charge in [0.1, 0.15) is 18.0 Å². The van der Waals surface area contributed by atoms with Crippen LogP contribution in [0.5, 0.6) is 11.5 Å². The molecule has 0 saturated heterocycles. The van der Waals surface area contributed by atoms with Crippen molar-refractivity contribution in [3.05, 3.63) is 48.0 Å². The first-order valence-electron chi connectivity index (χ1n) is 8.23. The Morgan fingerprint density at radius 1 is 1.08 bits per heavy atom. The Bertz CT molecular complexity index is 983. The third kappa shape index (κ3) is 3.52. The van der Waals surface area contributed by atoms with Crippen LogP contribution in [0.15, 0.2) is 36.7 Å². The van der Waals surface area contributed by atoms with E-state index >= 15 is 0 Å². The monoisotopic (exact) mass is 351 g/mol. The number of halogens is 1.